The van der Waals surface area contributed by atoms with E-state index in [4.69, 9.17) is 0 Å². The van der Waals surface area contributed by atoms with E-state index >= 15 is 0 Å². The van der Waals surface area contributed by atoms with Gasteiger partial charge in [0.15, 0.2) is 5.82 Å². The Morgan fingerprint density at radius 2 is 1.79 bits per heavy atom. The quantitative estimate of drug-likeness (QED) is 0.639. The first-order valence-corrected chi connectivity index (χ1v) is 7.76. The van der Waals surface area contributed by atoms with Gasteiger partial charge < -0.3 is 0 Å². The van der Waals surface area contributed by atoms with Gasteiger partial charge in [-0.05, 0) is 44.0 Å². The van der Waals surface area contributed by atoms with Crippen LogP contribution in [0.2, 0.25) is 0 Å². The Morgan fingerprint density at radius 3 is 2.42 bits per heavy atom. The predicted molar refractivity (Wildman–Crippen MR) is 92.4 cm³/mol. The van der Waals surface area contributed by atoms with Crippen LogP contribution in [-0.2, 0) is 0 Å². The number of hydrogen-bond acceptors (Lipinski definition) is 3. The van der Waals surface area contributed by atoms with Crippen molar-refractivity contribution in [3.63, 3.8) is 0 Å². The second-order valence-electron chi connectivity index (χ2n) is 4.76. The molecule has 0 aromatic carbocycles. The van der Waals surface area contributed by atoms with Crippen molar-refractivity contribution in [2.75, 3.05) is 0 Å². The van der Waals surface area contributed by atoms with E-state index in [2.05, 4.69) is 26.9 Å². The Labute approximate surface area is 141 Å². The minimum absolute atomic E-state index is 0.375. The van der Waals surface area contributed by atoms with Crippen LogP contribution in [0.4, 0.5) is 4.39 Å². The lowest BCUT2D eigenvalue weighted by Gasteiger charge is -2.02. The summed E-state index contributed by atoms with van der Waals surface area (Å²) < 4.78 is 14.6. The summed E-state index contributed by atoms with van der Waals surface area (Å²) in [4.78, 5) is 8.22. The highest BCUT2D eigenvalue weighted by molar-refractivity contribution is 5.46. The number of aromatic nitrogens is 4. The van der Waals surface area contributed by atoms with E-state index in [9.17, 15) is 4.39 Å². The van der Waals surface area contributed by atoms with Crippen molar-refractivity contribution in [3.8, 4) is 17.7 Å². The molecule has 0 bridgehead atoms. The van der Waals surface area contributed by atoms with E-state index in [1.54, 1.807) is 16.9 Å². The normalized spacial score (nSPS) is 9.54. The van der Waals surface area contributed by atoms with E-state index in [0.717, 1.165) is 17.0 Å². The molecule has 0 aliphatic rings. The summed E-state index contributed by atoms with van der Waals surface area (Å²) in [7, 11) is 0. The second kappa shape index (κ2) is 8.02. The van der Waals surface area contributed by atoms with Gasteiger partial charge in [0.05, 0.1) is 23.1 Å². The standard InChI is InChI=1S/C17H13FN4.C2H6/c1-12-16(8-7-15-5-3-4-10-19-15)13(2)22(21-12)17-9-6-14(18)11-20-17;1-2/h3-6,9-11H,1-2H3;1-2H3. The summed E-state index contributed by atoms with van der Waals surface area (Å²) >= 11 is 0. The Kier molecular flexibility index (Phi) is 5.80. The van der Waals surface area contributed by atoms with E-state index in [0.29, 0.717) is 11.5 Å². The average molecular weight is 322 g/mol. The van der Waals surface area contributed by atoms with Gasteiger partial charge in [-0.3, -0.25) is 0 Å². The van der Waals surface area contributed by atoms with Crippen molar-refractivity contribution in [1.82, 2.24) is 19.7 Å². The summed E-state index contributed by atoms with van der Waals surface area (Å²) in [6, 6.07) is 8.54. The van der Waals surface area contributed by atoms with E-state index in [1.165, 1.54) is 12.3 Å². The van der Waals surface area contributed by atoms with Gasteiger partial charge in [0.2, 0.25) is 0 Å². The zero-order chi connectivity index (χ0) is 17.5. The number of rotatable bonds is 1. The Bertz CT molecular complexity index is 856. The molecule has 0 N–H and O–H groups in total. The highest BCUT2D eigenvalue weighted by Gasteiger charge is 2.11. The number of hydrogen-bond donors (Lipinski definition) is 0. The maximum atomic E-state index is 13.0. The van der Waals surface area contributed by atoms with Gasteiger partial charge in [0.25, 0.3) is 0 Å². The molecule has 0 spiro atoms. The summed E-state index contributed by atoms with van der Waals surface area (Å²) in [5.74, 6) is 6.31. The third-order valence-electron chi connectivity index (χ3n) is 3.20. The van der Waals surface area contributed by atoms with Crippen molar-refractivity contribution in [1.29, 1.82) is 0 Å². The van der Waals surface area contributed by atoms with Crippen LogP contribution in [0, 0.1) is 31.5 Å². The number of halogens is 1. The molecule has 0 saturated carbocycles. The lowest BCUT2D eigenvalue weighted by atomic mass is 10.2. The zero-order valence-corrected chi connectivity index (χ0v) is 14.2. The molecule has 0 amide bonds. The molecule has 0 saturated heterocycles. The van der Waals surface area contributed by atoms with E-state index in [1.807, 2.05) is 45.9 Å². The fourth-order valence-electron chi connectivity index (χ4n) is 2.10. The van der Waals surface area contributed by atoms with Crippen molar-refractivity contribution >= 4 is 0 Å². The summed E-state index contributed by atoms with van der Waals surface area (Å²) in [6.07, 6.45) is 2.88. The molecule has 24 heavy (non-hydrogen) atoms. The molecule has 3 aromatic rings. The molecule has 3 aromatic heterocycles. The molecule has 3 rings (SSSR count). The first-order valence-electron chi connectivity index (χ1n) is 7.76. The molecule has 0 aliphatic carbocycles. The van der Waals surface area contributed by atoms with Crippen molar-refractivity contribution < 1.29 is 4.39 Å². The summed E-state index contributed by atoms with van der Waals surface area (Å²) in [5.41, 5.74) is 3.19. The first-order chi connectivity index (χ1) is 11.6. The SMILES string of the molecule is CC.Cc1nn(-c2ccc(F)cn2)c(C)c1C#Cc1ccccn1. The van der Waals surface area contributed by atoms with Gasteiger partial charge in [-0.2, -0.15) is 5.10 Å². The second-order valence-corrected chi connectivity index (χ2v) is 4.76. The van der Waals surface area contributed by atoms with Crippen LogP contribution in [0.1, 0.15) is 36.5 Å². The van der Waals surface area contributed by atoms with Gasteiger partial charge in [0, 0.05) is 6.20 Å². The molecule has 122 valence electrons. The molecule has 0 unspecified atom stereocenters. The molecule has 0 fully saturated rings. The Hall–Kier alpha value is -3.00. The Balaban J connectivity index is 0.00000100. The minimum atomic E-state index is -0.375. The van der Waals surface area contributed by atoms with E-state index in [-0.39, 0.29) is 5.82 Å². The lowest BCUT2D eigenvalue weighted by molar-refractivity contribution is 0.618. The number of aryl methyl sites for hydroxylation is 1. The first kappa shape index (κ1) is 17.4. The average Bonchev–Trinajstić information content (AvgIpc) is 2.91. The lowest BCUT2D eigenvalue weighted by Crippen LogP contribution is -2.02. The molecule has 0 aliphatic heterocycles. The Morgan fingerprint density at radius 1 is 1.00 bits per heavy atom. The number of nitrogens with zero attached hydrogens (tertiary/aromatic N) is 4. The smallest absolute Gasteiger partial charge is 0.153 e. The molecule has 5 heteroatoms. The van der Waals surface area contributed by atoms with Gasteiger partial charge in [0.1, 0.15) is 11.5 Å². The van der Waals surface area contributed by atoms with Crippen molar-refractivity contribution in [2.24, 2.45) is 0 Å². The molecular formula is C19H19FN4. The highest BCUT2D eigenvalue weighted by atomic mass is 19.1. The fourth-order valence-corrected chi connectivity index (χ4v) is 2.10. The van der Waals surface area contributed by atoms with Crippen LogP contribution < -0.4 is 0 Å². The maximum Gasteiger partial charge on any atom is 0.153 e. The number of pyridine rings is 2. The van der Waals surface area contributed by atoms with Crippen LogP contribution in [0.3, 0.4) is 0 Å². The third-order valence-corrected chi connectivity index (χ3v) is 3.20. The predicted octanol–water partition coefficient (Wildman–Crippen LogP) is 3.84. The van der Waals surface area contributed by atoms with Crippen LogP contribution in [0.5, 0.6) is 0 Å². The highest BCUT2D eigenvalue weighted by Crippen LogP contribution is 2.16. The zero-order valence-electron chi connectivity index (χ0n) is 14.2. The van der Waals surface area contributed by atoms with Crippen molar-refractivity contribution in [3.05, 3.63) is 71.2 Å². The summed E-state index contributed by atoms with van der Waals surface area (Å²) in [6.45, 7) is 7.79. The largest absolute Gasteiger partial charge is 0.248 e. The van der Waals surface area contributed by atoms with Crippen LogP contribution in [-0.4, -0.2) is 19.7 Å². The molecule has 0 radical (unpaired) electrons. The van der Waals surface area contributed by atoms with Gasteiger partial charge in [-0.1, -0.05) is 25.8 Å². The molecule has 0 atom stereocenters. The maximum absolute atomic E-state index is 13.0. The molecule has 4 nitrogen and oxygen atoms in total. The topological polar surface area (TPSA) is 43.6 Å². The van der Waals surface area contributed by atoms with Gasteiger partial charge >= 0.3 is 0 Å². The van der Waals surface area contributed by atoms with Crippen LogP contribution >= 0.6 is 0 Å². The van der Waals surface area contributed by atoms with E-state index < -0.39 is 0 Å². The minimum Gasteiger partial charge on any atom is -0.248 e. The summed E-state index contributed by atoms with van der Waals surface area (Å²) in [5, 5.41) is 4.43. The molecular weight excluding hydrogens is 303 g/mol. The fraction of sp³-hybridized carbons (Fsp3) is 0.211. The van der Waals surface area contributed by atoms with Crippen molar-refractivity contribution in [2.45, 2.75) is 27.7 Å². The van der Waals surface area contributed by atoms with Gasteiger partial charge in [-0.25, -0.2) is 19.0 Å². The van der Waals surface area contributed by atoms with Crippen LogP contribution in [0.25, 0.3) is 5.82 Å². The van der Waals surface area contributed by atoms with Crippen LogP contribution in [0.15, 0.2) is 42.7 Å². The van der Waals surface area contributed by atoms with Gasteiger partial charge in [-0.15, -0.1) is 0 Å². The molecule has 3 heterocycles. The monoisotopic (exact) mass is 322 g/mol. The third kappa shape index (κ3) is 3.85.